The number of benzene rings is 2. The van der Waals surface area contributed by atoms with Gasteiger partial charge in [-0.1, -0.05) is 54.6 Å². The van der Waals surface area contributed by atoms with Crippen LogP contribution in [0.3, 0.4) is 0 Å². The zero-order chi connectivity index (χ0) is 13.1. The molecule has 1 nitrogen and oxygen atoms in total. The predicted molar refractivity (Wildman–Crippen MR) is 81.6 cm³/mol. The van der Waals surface area contributed by atoms with Crippen molar-refractivity contribution in [1.82, 2.24) is 0 Å². The van der Waals surface area contributed by atoms with Gasteiger partial charge in [-0.2, -0.15) is 0 Å². The molecule has 92 valence electrons. The topological polar surface area (TPSA) is 17.1 Å². The van der Waals surface area contributed by atoms with E-state index in [2.05, 4.69) is 18.2 Å². The molecular weight excluding hydrogens is 252 g/mol. The van der Waals surface area contributed by atoms with Crippen LogP contribution in [-0.4, -0.2) is 5.78 Å². The standard InChI is InChI=1S/C17H12OS/c18-16(17-9-4-12-19-17)11-10-14-7-3-6-13-5-1-2-8-15(13)14/h1-12H/b11-10-. The fourth-order valence-corrected chi connectivity index (χ4v) is 2.71. The third-order valence-electron chi connectivity index (χ3n) is 3.00. The molecule has 2 heteroatoms. The van der Waals surface area contributed by atoms with E-state index < -0.39 is 0 Å². The van der Waals surface area contributed by atoms with Gasteiger partial charge in [0.05, 0.1) is 4.88 Å². The Hall–Kier alpha value is -2.19. The maximum Gasteiger partial charge on any atom is 0.195 e. The molecule has 0 N–H and O–H groups in total. The molecule has 0 spiro atoms. The van der Waals surface area contributed by atoms with Crippen molar-refractivity contribution >= 4 is 34.0 Å². The molecule has 0 aliphatic carbocycles. The summed E-state index contributed by atoms with van der Waals surface area (Å²) in [5.74, 6) is 0.0583. The van der Waals surface area contributed by atoms with Gasteiger partial charge in [0.15, 0.2) is 5.78 Å². The molecule has 0 amide bonds. The first-order chi connectivity index (χ1) is 9.34. The third kappa shape index (κ3) is 2.49. The lowest BCUT2D eigenvalue weighted by molar-refractivity contribution is 0.105. The zero-order valence-corrected chi connectivity index (χ0v) is 11.1. The van der Waals surface area contributed by atoms with Gasteiger partial charge in [-0.15, -0.1) is 11.3 Å². The van der Waals surface area contributed by atoms with Crippen molar-refractivity contribution in [3.05, 3.63) is 76.5 Å². The van der Waals surface area contributed by atoms with E-state index in [4.69, 9.17) is 0 Å². The van der Waals surface area contributed by atoms with Crippen LogP contribution in [0.15, 0.2) is 66.1 Å². The molecule has 0 unspecified atom stereocenters. The predicted octanol–water partition coefficient (Wildman–Crippen LogP) is 4.80. The van der Waals surface area contributed by atoms with E-state index in [1.165, 1.54) is 22.1 Å². The molecule has 3 rings (SSSR count). The molecule has 0 atom stereocenters. The van der Waals surface area contributed by atoms with Gasteiger partial charge in [0.25, 0.3) is 0 Å². The van der Waals surface area contributed by atoms with Crippen LogP contribution < -0.4 is 0 Å². The quantitative estimate of drug-likeness (QED) is 0.490. The van der Waals surface area contributed by atoms with Crippen LogP contribution in [0.4, 0.5) is 0 Å². The Bertz CT molecular complexity index is 734. The van der Waals surface area contributed by atoms with E-state index in [1.54, 1.807) is 6.08 Å². The molecule has 2 aromatic carbocycles. The van der Waals surface area contributed by atoms with E-state index in [1.807, 2.05) is 47.9 Å². The Labute approximate surface area is 115 Å². The van der Waals surface area contributed by atoms with E-state index in [0.717, 1.165) is 10.4 Å². The number of carbonyl (C=O) groups is 1. The molecule has 0 aliphatic heterocycles. The van der Waals surface area contributed by atoms with Crippen LogP contribution >= 0.6 is 11.3 Å². The molecular formula is C17H12OS. The summed E-state index contributed by atoms with van der Waals surface area (Å²) < 4.78 is 0. The second-order valence-corrected chi connectivity index (χ2v) is 5.19. The molecule has 0 saturated carbocycles. The van der Waals surface area contributed by atoms with Gasteiger partial charge in [0, 0.05) is 0 Å². The lowest BCUT2D eigenvalue weighted by atomic mass is 10.0. The van der Waals surface area contributed by atoms with Gasteiger partial charge in [0.2, 0.25) is 0 Å². The van der Waals surface area contributed by atoms with E-state index in [0.29, 0.717) is 0 Å². The van der Waals surface area contributed by atoms with Gasteiger partial charge in [0.1, 0.15) is 0 Å². The molecule has 1 aromatic heterocycles. The summed E-state index contributed by atoms with van der Waals surface area (Å²) in [6.07, 6.45) is 3.54. The van der Waals surface area contributed by atoms with Crippen LogP contribution in [0.2, 0.25) is 0 Å². The number of hydrogen-bond donors (Lipinski definition) is 0. The highest BCUT2D eigenvalue weighted by Crippen LogP contribution is 2.20. The normalized spacial score (nSPS) is 11.2. The van der Waals surface area contributed by atoms with Crippen LogP contribution in [0, 0.1) is 0 Å². The Kier molecular flexibility index (Phi) is 3.25. The Balaban J connectivity index is 1.95. The molecule has 19 heavy (non-hydrogen) atoms. The van der Waals surface area contributed by atoms with E-state index in [9.17, 15) is 4.79 Å². The number of ketones is 1. The van der Waals surface area contributed by atoms with Gasteiger partial charge >= 0.3 is 0 Å². The van der Waals surface area contributed by atoms with Crippen molar-refractivity contribution < 1.29 is 4.79 Å². The molecule has 0 saturated heterocycles. The minimum Gasteiger partial charge on any atom is -0.288 e. The SMILES string of the molecule is O=C(/C=C\c1cccc2ccccc12)c1cccs1. The Morgan fingerprint density at radius 2 is 1.79 bits per heavy atom. The summed E-state index contributed by atoms with van der Waals surface area (Å²) in [5.41, 5.74) is 1.07. The third-order valence-corrected chi connectivity index (χ3v) is 3.89. The Morgan fingerprint density at radius 3 is 2.63 bits per heavy atom. The van der Waals surface area contributed by atoms with Gasteiger partial charge < -0.3 is 0 Å². The minimum absolute atomic E-state index is 0.0583. The summed E-state index contributed by atoms with van der Waals surface area (Å²) in [6.45, 7) is 0. The van der Waals surface area contributed by atoms with E-state index >= 15 is 0 Å². The zero-order valence-electron chi connectivity index (χ0n) is 10.2. The second-order valence-electron chi connectivity index (χ2n) is 4.24. The van der Waals surface area contributed by atoms with Crippen molar-refractivity contribution in [2.45, 2.75) is 0 Å². The van der Waals surface area contributed by atoms with Gasteiger partial charge in [-0.05, 0) is 33.9 Å². The van der Waals surface area contributed by atoms with Crippen LogP contribution in [0.1, 0.15) is 15.2 Å². The number of carbonyl (C=O) groups excluding carboxylic acids is 1. The van der Waals surface area contributed by atoms with E-state index in [-0.39, 0.29) is 5.78 Å². The highest BCUT2D eigenvalue weighted by Gasteiger charge is 2.02. The van der Waals surface area contributed by atoms with Crippen LogP contribution in [0.5, 0.6) is 0 Å². The largest absolute Gasteiger partial charge is 0.288 e. The fourth-order valence-electron chi connectivity index (χ4n) is 2.06. The average molecular weight is 264 g/mol. The molecule has 1 heterocycles. The summed E-state index contributed by atoms with van der Waals surface area (Å²) in [7, 11) is 0. The van der Waals surface area contributed by atoms with Crippen molar-refractivity contribution in [2.24, 2.45) is 0 Å². The monoisotopic (exact) mass is 264 g/mol. The average Bonchev–Trinajstić information content (AvgIpc) is 2.99. The van der Waals surface area contributed by atoms with Crippen molar-refractivity contribution in [3.63, 3.8) is 0 Å². The number of fused-ring (bicyclic) bond motifs is 1. The fraction of sp³-hybridized carbons (Fsp3) is 0. The lowest BCUT2D eigenvalue weighted by Crippen LogP contribution is -1.88. The molecule has 0 aliphatic rings. The molecule has 0 bridgehead atoms. The van der Waals surface area contributed by atoms with Gasteiger partial charge in [-0.25, -0.2) is 0 Å². The molecule has 3 aromatic rings. The maximum atomic E-state index is 11.9. The number of hydrogen-bond acceptors (Lipinski definition) is 2. The smallest absolute Gasteiger partial charge is 0.195 e. The van der Waals surface area contributed by atoms with Crippen LogP contribution in [0.25, 0.3) is 16.8 Å². The number of allylic oxidation sites excluding steroid dienone is 1. The number of thiophene rings is 1. The first-order valence-corrected chi connectivity index (χ1v) is 6.96. The first kappa shape index (κ1) is 11.9. The number of rotatable bonds is 3. The summed E-state index contributed by atoms with van der Waals surface area (Å²) in [6, 6.07) is 18.0. The maximum absolute atomic E-state index is 11.9. The molecule has 0 fully saturated rings. The summed E-state index contributed by atoms with van der Waals surface area (Å²) in [4.78, 5) is 12.7. The molecule has 0 radical (unpaired) electrons. The Morgan fingerprint density at radius 1 is 0.947 bits per heavy atom. The minimum atomic E-state index is 0.0583. The summed E-state index contributed by atoms with van der Waals surface area (Å²) >= 11 is 1.47. The first-order valence-electron chi connectivity index (χ1n) is 6.08. The summed E-state index contributed by atoms with van der Waals surface area (Å²) in [5, 5.41) is 4.27. The lowest BCUT2D eigenvalue weighted by Gasteiger charge is -2.01. The van der Waals surface area contributed by atoms with Crippen molar-refractivity contribution in [3.8, 4) is 0 Å². The highest BCUT2D eigenvalue weighted by molar-refractivity contribution is 7.12. The highest BCUT2D eigenvalue weighted by atomic mass is 32.1. The van der Waals surface area contributed by atoms with Crippen LogP contribution in [-0.2, 0) is 0 Å². The van der Waals surface area contributed by atoms with Crippen molar-refractivity contribution in [1.29, 1.82) is 0 Å². The second kappa shape index (κ2) is 5.21. The van der Waals surface area contributed by atoms with Crippen molar-refractivity contribution in [2.75, 3.05) is 0 Å². The van der Waals surface area contributed by atoms with Gasteiger partial charge in [-0.3, -0.25) is 4.79 Å².